The summed E-state index contributed by atoms with van der Waals surface area (Å²) in [4.78, 5) is 0.142. The van der Waals surface area contributed by atoms with E-state index in [1.807, 2.05) is 12.1 Å². The van der Waals surface area contributed by atoms with Crippen LogP contribution < -0.4 is 9.46 Å². The molecule has 1 N–H and O–H groups in total. The quantitative estimate of drug-likeness (QED) is 0.888. The van der Waals surface area contributed by atoms with Gasteiger partial charge in [-0.1, -0.05) is 35.9 Å². The van der Waals surface area contributed by atoms with Gasteiger partial charge in [0, 0.05) is 11.6 Å². The maximum atomic E-state index is 12.2. The lowest BCUT2D eigenvalue weighted by Gasteiger charge is -2.10. The summed E-state index contributed by atoms with van der Waals surface area (Å²) in [5, 5.41) is 0.661. The molecule has 6 heteroatoms. The molecule has 0 amide bonds. The summed E-state index contributed by atoms with van der Waals surface area (Å²) in [5.74, 6) is 0.330. The van der Waals surface area contributed by atoms with E-state index >= 15 is 0 Å². The molecule has 0 bridgehead atoms. The van der Waals surface area contributed by atoms with Crippen molar-refractivity contribution in [1.29, 1.82) is 0 Å². The number of benzene rings is 2. The van der Waals surface area contributed by atoms with Crippen LogP contribution in [0.15, 0.2) is 53.4 Å². The Kier molecular flexibility index (Phi) is 5.22. The average molecular weight is 326 g/mol. The number of nitrogens with one attached hydrogen (secondary N) is 1. The Morgan fingerprint density at radius 2 is 1.76 bits per heavy atom. The molecule has 0 unspecified atom stereocenters. The summed E-state index contributed by atoms with van der Waals surface area (Å²) in [6.45, 7) is 0.308. The number of hydrogen-bond acceptors (Lipinski definition) is 3. The number of para-hydroxylation sites is 1. The standard InChI is InChI=1S/C15H16ClNO3S/c1-20-14-4-2-3-5-15(14)21(18,19)17-11-10-12-6-8-13(16)9-7-12/h2-9,17H,10-11H2,1H3. The van der Waals surface area contributed by atoms with Crippen molar-refractivity contribution in [3.8, 4) is 5.75 Å². The van der Waals surface area contributed by atoms with Crippen LogP contribution in [0.3, 0.4) is 0 Å². The van der Waals surface area contributed by atoms with Gasteiger partial charge in [-0.15, -0.1) is 0 Å². The molecule has 112 valence electrons. The molecule has 21 heavy (non-hydrogen) atoms. The van der Waals surface area contributed by atoms with Crippen molar-refractivity contribution in [3.63, 3.8) is 0 Å². The van der Waals surface area contributed by atoms with Crippen LogP contribution in [0.2, 0.25) is 5.02 Å². The van der Waals surface area contributed by atoms with Crippen LogP contribution >= 0.6 is 11.6 Å². The van der Waals surface area contributed by atoms with Crippen LogP contribution in [0.25, 0.3) is 0 Å². The first-order valence-corrected chi connectivity index (χ1v) is 8.26. The summed E-state index contributed by atoms with van der Waals surface area (Å²) in [6.07, 6.45) is 0.589. The topological polar surface area (TPSA) is 55.4 Å². The number of rotatable bonds is 6. The Balaban J connectivity index is 2.03. The predicted molar refractivity (Wildman–Crippen MR) is 83.3 cm³/mol. The maximum absolute atomic E-state index is 12.2. The third-order valence-corrected chi connectivity index (χ3v) is 4.73. The van der Waals surface area contributed by atoms with E-state index in [9.17, 15) is 8.42 Å². The molecule has 0 atom stereocenters. The molecule has 2 aromatic carbocycles. The minimum absolute atomic E-state index is 0.142. The average Bonchev–Trinajstić information content (AvgIpc) is 2.49. The molecule has 0 saturated carbocycles. The Hall–Kier alpha value is -1.56. The third-order valence-electron chi connectivity index (χ3n) is 2.98. The molecular formula is C15H16ClNO3S. The first-order valence-electron chi connectivity index (χ1n) is 6.40. The lowest BCUT2D eigenvalue weighted by Crippen LogP contribution is -2.26. The minimum atomic E-state index is -3.58. The first-order chi connectivity index (χ1) is 10.0. The van der Waals surface area contributed by atoms with Crippen LogP contribution in [0.1, 0.15) is 5.56 Å². The lowest BCUT2D eigenvalue weighted by molar-refractivity contribution is 0.402. The summed E-state index contributed by atoms with van der Waals surface area (Å²) in [6, 6.07) is 13.8. The van der Waals surface area contributed by atoms with Gasteiger partial charge in [-0.05, 0) is 36.2 Å². The predicted octanol–water partition coefficient (Wildman–Crippen LogP) is 2.87. The zero-order valence-electron chi connectivity index (χ0n) is 11.5. The van der Waals surface area contributed by atoms with Gasteiger partial charge in [0.2, 0.25) is 10.0 Å². The molecule has 0 aromatic heterocycles. The molecule has 0 heterocycles. The number of methoxy groups -OCH3 is 1. The molecule has 0 aliphatic rings. The van der Waals surface area contributed by atoms with Crippen molar-refractivity contribution >= 4 is 21.6 Å². The Labute approximate surface area is 129 Å². The second-order valence-electron chi connectivity index (χ2n) is 4.43. The van der Waals surface area contributed by atoms with Crippen molar-refractivity contribution < 1.29 is 13.2 Å². The highest BCUT2D eigenvalue weighted by Gasteiger charge is 2.18. The highest BCUT2D eigenvalue weighted by molar-refractivity contribution is 7.89. The second kappa shape index (κ2) is 6.93. The molecule has 2 rings (SSSR count). The van der Waals surface area contributed by atoms with Crippen molar-refractivity contribution in [2.24, 2.45) is 0 Å². The van der Waals surface area contributed by atoms with E-state index in [0.717, 1.165) is 5.56 Å². The van der Waals surface area contributed by atoms with Gasteiger partial charge in [-0.3, -0.25) is 0 Å². The van der Waals surface area contributed by atoms with Crippen molar-refractivity contribution in [3.05, 3.63) is 59.1 Å². The van der Waals surface area contributed by atoms with Gasteiger partial charge in [-0.2, -0.15) is 0 Å². The molecular weight excluding hydrogens is 310 g/mol. The minimum Gasteiger partial charge on any atom is -0.495 e. The fraction of sp³-hybridized carbons (Fsp3) is 0.200. The molecule has 0 aliphatic carbocycles. The number of sulfonamides is 1. The summed E-state index contributed by atoms with van der Waals surface area (Å²) < 4.78 is 32.1. The fourth-order valence-electron chi connectivity index (χ4n) is 1.90. The van der Waals surface area contributed by atoms with Crippen molar-refractivity contribution in [2.75, 3.05) is 13.7 Å². The Morgan fingerprint density at radius 1 is 1.10 bits per heavy atom. The first kappa shape index (κ1) is 15.8. The maximum Gasteiger partial charge on any atom is 0.244 e. The van der Waals surface area contributed by atoms with Gasteiger partial charge in [-0.25, -0.2) is 13.1 Å². The smallest absolute Gasteiger partial charge is 0.244 e. The van der Waals surface area contributed by atoms with E-state index in [2.05, 4.69) is 4.72 Å². The van der Waals surface area contributed by atoms with Crippen LogP contribution in [0.4, 0.5) is 0 Å². The molecule has 4 nitrogen and oxygen atoms in total. The van der Waals surface area contributed by atoms with Gasteiger partial charge >= 0.3 is 0 Å². The molecule has 0 saturated heterocycles. The molecule has 0 radical (unpaired) electrons. The molecule has 0 spiro atoms. The van der Waals surface area contributed by atoms with E-state index in [4.69, 9.17) is 16.3 Å². The molecule has 0 fully saturated rings. The Bertz CT molecular complexity index is 699. The van der Waals surface area contributed by atoms with E-state index in [-0.39, 0.29) is 4.90 Å². The summed E-state index contributed by atoms with van der Waals surface area (Å²) in [5.41, 5.74) is 1.02. The van der Waals surface area contributed by atoms with Crippen LogP contribution in [0, 0.1) is 0 Å². The fourth-order valence-corrected chi connectivity index (χ4v) is 3.23. The monoisotopic (exact) mass is 325 g/mol. The highest BCUT2D eigenvalue weighted by atomic mass is 35.5. The summed E-state index contributed by atoms with van der Waals surface area (Å²) in [7, 11) is -2.14. The van der Waals surface area contributed by atoms with Crippen LogP contribution in [-0.4, -0.2) is 22.1 Å². The second-order valence-corrected chi connectivity index (χ2v) is 6.60. The zero-order chi connectivity index (χ0) is 15.3. The van der Waals surface area contributed by atoms with Crippen LogP contribution in [0.5, 0.6) is 5.75 Å². The number of halogens is 1. The summed E-state index contributed by atoms with van der Waals surface area (Å²) >= 11 is 5.81. The van der Waals surface area contributed by atoms with Gasteiger partial charge in [0.05, 0.1) is 7.11 Å². The van der Waals surface area contributed by atoms with Gasteiger partial charge in [0.15, 0.2) is 0 Å². The van der Waals surface area contributed by atoms with Gasteiger partial charge < -0.3 is 4.74 Å². The number of hydrogen-bond donors (Lipinski definition) is 1. The highest BCUT2D eigenvalue weighted by Crippen LogP contribution is 2.22. The largest absolute Gasteiger partial charge is 0.495 e. The van der Waals surface area contributed by atoms with E-state index in [1.54, 1.807) is 30.3 Å². The van der Waals surface area contributed by atoms with E-state index in [0.29, 0.717) is 23.7 Å². The normalized spacial score (nSPS) is 11.3. The van der Waals surface area contributed by atoms with E-state index < -0.39 is 10.0 Å². The van der Waals surface area contributed by atoms with E-state index in [1.165, 1.54) is 13.2 Å². The van der Waals surface area contributed by atoms with Gasteiger partial charge in [0.1, 0.15) is 10.6 Å². The SMILES string of the molecule is COc1ccccc1S(=O)(=O)NCCc1ccc(Cl)cc1. The molecule has 2 aromatic rings. The zero-order valence-corrected chi connectivity index (χ0v) is 13.1. The number of ether oxygens (including phenoxy) is 1. The molecule has 0 aliphatic heterocycles. The van der Waals surface area contributed by atoms with Crippen LogP contribution in [-0.2, 0) is 16.4 Å². The lowest BCUT2D eigenvalue weighted by atomic mass is 10.2. The Morgan fingerprint density at radius 3 is 2.43 bits per heavy atom. The van der Waals surface area contributed by atoms with Crippen molar-refractivity contribution in [1.82, 2.24) is 4.72 Å². The van der Waals surface area contributed by atoms with Crippen molar-refractivity contribution in [2.45, 2.75) is 11.3 Å². The van der Waals surface area contributed by atoms with Gasteiger partial charge in [0.25, 0.3) is 0 Å². The third kappa shape index (κ3) is 4.20.